The number of benzene rings is 13. The van der Waals surface area contributed by atoms with Gasteiger partial charge in [-0.15, -0.1) is 11.3 Å². The van der Waals surface area contributed by atoms with Gasteiger partial charge in [0, 0.05) is 53.6 Å². The average Bonchev–Trinajstić information content (AvgIpc) is 1.17. The highest BCUT2D eigenvalue weighted by atomic mass is 32.1. The number of para-hydroxylation sites is 1. The zero-order valence-corrected chi connectivity index (χ0v) is 61.0. The van der Waals surface area contributed by atoms with Crippen molar-refractivity contribution in [2.24, 2.45) is 0 Å². The number of carbonyl (C=O) groups is 4. The first-order chi connectivity index (χ1) is 47.0. The quantitative estimate of drug-likeness (QED) is 0.0655. The molecule has 0 fully saturated rings. The number of rotatable bonds is 13. The van der Waals surface area contributed by atoms with E-state index in [2.05, 4.69) is 263 Å². The molecule has 0 spiro atoms. The second-order valence-corrected chi connectivity index (χ2v) is 33.7. The van der Waals surface area contributed by atoms with Crippen molar-refractivity contribution in [1.29, 1.82) is 0 Å². The SMILES string of the molecule is CC(C)c1cccc(C(C)C)c1N1C(=O)c2ccc3c4cccc5c(C(C)(C)c6ccc(C(C)(C)Cc7ccc(C(C)C)c(N8C(=O)c9ccc%10c%11cccc%12c(C(C)(C)c%13ccc(C(C)(C)C)s%13)ccc(c%13ccc(c9c%10%13)C8=O)c%12%11)c7C(C)C)cc6)ccc(c6ccc(c2c36)C1=O)c54. The third-order valence-corrected chi connectivity index (χ3v) is 24.8. The molecule has 2 aliphatic rings. The van der Waals surface area contributed by atoms with Gasteiger partial charge in [0.25, 0.3) is 23.6 Å². The summed E-state index contributed by atoms with van der Waals surface area (Å²) in [5.41, 5.74) is 12.6. The Hall–Kier alpha value is -9.56. The van der Waals surface area contributed by atoms with Gasteiger partial charge in [-0.2, -0.15) is 0 Å². The number of hydrogen-bond donors (Lipinski definition) is 0. The summed E-state index contributed by atoms with van der Waals surface area (Å²) in [5.74, 6) is -0.907. The van der Waals surface area contributed by atoms with Gasteiger partial charge in [0.1, 0.15) is 0 Å². The lowest BCUT2D eigenvalue weighted by Crippen LogP contribution is -2.42. The first-order valence-electron chi connectivity index (χ1n) is 35.6. The molecule has 16 rings (SSSR count). The normalized spacial score (nSPS) is 14.4. The summed E-state index contributed by atoms with van der Waals surface area (Å²) in [6.45, 7) is 38.0. The van der Waals surface area contributed by atoms with Crippen LogP contribution in [0.2, 0.25) is 0 Å². The predicted octanol–water partition coefficient (Wildman–Crippen LogP) is 24.4. The standard InChI is InChI=1S/C92H86N2O4S/c1-48(2)55-21-18-22-56(49(3)4)83(55)93-85(95)68-37-33-62-58-23-19-25-66-72(43-41-60(77(58)66)64-35-39-69(86(93)96)81(68)79(62)64)91(14,15)54-30-28-53(29-31-54)90(12,13)47-52-27-32-57(50(5)6)84(76(52)51(7)8)94-87(97)70-38-34-63-59-24-20-26-67-73(92(16,17)75-46-45-74(99-75)89(9,10)11)44-42-61(78(59)67)65-36-40-71(88(94)98)82(70)80(63)65/h18-46,48-51H,47H2,1-17H3. The van der Waals surface area contributed by atoms with Crippen LogP contribution in [-0.2, 0) is 28.1 Å². The number of hydrogen-bond acceptors (Lipinski definition) is 5. The topological polar surface area (TPSA) is 74.8 Å². The van der Waals surface area contributed by atoms with Gasteiger partial charge < -0.3 is 0 Å². The van der Waals surface area contributed by atoms with Crippen molar-refractivity contribution in [3.63, 3.8) is 0 Å². The summed E-state index contributed by atoms with van der Waals surface area (Å²) >= 11 is 1.90. The van der Waals surface area contributed by atoms with Crippen LogP contribution in [0.1, 0.15) is 243 Å². The van der Waals surface area contributed by atoms with E-state index in [1.165, 1.54) is 58.5 Å². The molecule has 0 aliphatic carbocycles. The molecule has 0 bridgehead atoms. The summed E-state index contributed by atoms with van der Waals surface area (Å²) in [7, 11) is 0. The fraction of sp³-hybridized carbons (Fsp3) is 0.283. The first kappa shape index (κ1) is 64.1. The van der Waals surface area contributed by atoms with Gasteiger partial charge in [0.2, 0.25) is 0 Å². The third kappa shape index (κ3) is 9.24. The van der Waals surface area contributed by atoms with E-state index in [1.54, 1.807) is 4.90 Å². The maximum Gasteiger partial charge on any atom is 0.266 e. The Morgan fingerprint density at radius 2 is 0.687 bits per heavy atom. The smallest absolute Gasteiger partial charge is 0.266 e. The van der Waals surface area contributed by atoms with Crippen LogP contribution >= 0.6 is 11.3 Å². The molecule has 0 radical (unpaired) electrons. The van der Waals surface area contributed by atoms with E-state index in [1.807, 2.05) is 41.7 Å². The molecule has 0 saturated carbocycles. The highest BCUT2D eigenvalue weighted by Crippen LogP contribution is 2.53. The van der Waals surface area contributed by atoms with E-state index < -0.39 is 5.41 Å². The van der Waals surface area contributed by atoms with E-state index in [4.69, 9.17) is 0 Å². The molecule has 0 N–H and O–H groups in total. The minimum atomic E-state index is -0.419. The number of imide groups is 2. The van der Waals surface area contributed by atoms with Crippen LogP contribution in [0.25, 0.3) is 86.2 Å². The minimum Gasteiger partial charge on any atom is -0.268 e. The Bertz CT molecular complexity index is 5660. The Morgan fingerprint density at radius 1 is 0.323 bits per heavy atom. The Labute approximate surface area is 585 Å². The fourth-order valence-corrected chi connectivity index (χ4v) is 18.9. The number of thiophene rings is 1. The van der Waals surface area contributed by atoms with Gasteiger partial charge >= 0.3 is 0 Å². The molecule has 494 valence electrons. The molecule has 4 amide bonds. The first-order valence-corrected chi connectivity index (χ1v) is 36.5. The number of anilines is 2. The maximum atomic E-state index is 15.8. The van der Waals surface area contributed by atoms with Gasteiger partial charge in [-0.3, -0.25) is 19.2 Å². The van der Waals surface area contributed by atoms with Crippen LogP contribution in [0.15, 0.2) is 176 Å². The van der Waals surface area contributed by atoms with Crippen molar-refractivity contribution in [3.8, 4) is 0 Å². The minimum absolute atomic E-state index is 0.0164. The van der Waals surface area contributed by atoms with Crippen LogP contribution in [-0.4, -0.2) is 23.6 Å². The average molecular weight is 1320 g/mol. The second kappa shape index (κ2) is 22.2. The zero-order chi connectivity index (χ0) is 69.7. The highest BCUT2D eigenvalue weighted by molar-refractivity contribution is 7.12. The summed E-state index contributed by atoms with van der Waals surface area (Å²) in [5, 5.41) is 16.7. The van der Waals surface area contributed by atoms with Crippen molar-refractivity contribution in [2.45, 2.75) is 169 Å². The van der Waals surface area contributed by atoms with Gasteiger partial charge in [-0.1, -0.05) is 257 Å². The van der Waals surface area contributed by atoms with Crippen LogP contribution < -0.4 is 9.80 Å². The van der Waals surface area contributed by atoms with E-state index in [0.717, 1.165) is 98.1 Å². The van der Waals surface area contributed by atoms with Crippen molar-refractivity contribution in [2.75, 3.05) is 9.80 Å². The van der Waals surface area contributed by atoms with Gasteiger partial charge in [-0.25, -0.2) is 9.80 Å². The van der Waals surface area contributed by atoms with Gasteiger partial charge in [0.15, 0.2) is 0 Å². The molecule has 6 nitrogen and oxygen atoms in total. The zero-order valence-electron chi connectivity index (χ0n) is 60.2. The number of carbonyl (C=O) groups excluding carboxylic acids is 4. The van der Waals surface area contributed by atoms with Gasteiger partial charge in [-0.05, 0) is 203 Å². The summed E-state index contributed by atoms with van der Waals surface area (Å²) in [6, 6.07) is 63.1. The van der Waals surface area contributed by atoms with E-state index in [-0.39, 0.29) is 63.5 Å². The molecule has 0 saturated heterocycles. The molecular weight excluding hydrogens is 1230 g/mol. The van der Waals surface area contributed by atoms with Crippen LogP contribution in [0.3, 0.4) is 0 Å². The number of nitrogens with zero attached hydrogens (tertiary/aromatic N) is 2. The van der Waals surface area contributed by atoms with E-state index in [0.29, 0.717) is 34.4 Å². The Morgan fingerprint density at radius 3 is 1.11 bits per heavy atom. The summed E-state index contributed by atoms with van der Waals surface area (Å²) < 4.78 is 0. The van der Waals surface area contributed by atoms with Crippen LogP contribution in [0.4, 0.5) is 11.4 Å². The third-order valence-electron chi connectivity index (χ3n) is 23.0. The highest BCUT2D eigenvalue weighted by Gasteiger charge is 2.42. The molecule has 7 heteroatoms. The van der Waals surface area contributed by atoms with Crippen molar-refractivity contribution >= 4 is 133 Å². The predicted molar refractivity (Wildman–Crippen MR) is 417 cm³/mol. The van der Waals surface area contributed by atoms with Crippen LogP contribution in [0, 0.1) is 0 Å². The molecule has 99 heavy (non-hydrogen) atoms. The molecule has 1 aromatic heterocycles. The molecular formula is C92H86N2O4S. The molecule has 0 unspecified atom stereocenters. The molecule has 2 aliphatic heterocycles. The Balaban J connectivity index is 0.727. The second-order valence-electron chi connectivity index (χ2n) is 32.6. The van der Waals surface area contributed by atoms with Crippen LogP contribution in [0.5, 0.6) is 0 Å². The van der Waals surface area contributed by atoms with Crippen molar-refractivity contribution < 1.29 is 19.2 Å². The lowest BCUT2D eigenvalue weighted by atomic mass is 9.72. The molecule has 14 aromatic rings. The van der Waals surface area contributed by atoms with E-state index >= 15 is 9.59 Å². The van der Waals surface area contributed by atoms with Gasteiger partial charge in [0.05, 0.1) is 11.4 Å². The molecule has 0 atom stereocenters. The number of amides is 4. The maximum absolute atomic E-state index is 15.8. The van der Waals surface area contributed by atoms with Crippen molar-refractivity contribution in [1.82, 2.24) is 0 Å². The fourth-order valence-electron chi connectivity index (χ4n) is 17.7. The van der Waals surface area contributed by atoms with E-state index in [9.17, 15) is 9.59 Å². The molecule has 3 heterocycles. The monoisotopic (exact) mass is 1310 g/mol. The largest absolute Gasteiger partial charge is 0.268 e. The summed E-state index contributed by atoms with van der Waals surface area (Å²) in [6.07, 6.45) is 0.677. The number of fused-ring (bicyclic) bond motifs is 4. The summed E-state index contributed by atoms with van der Waals surface area (Å²) in [4.78, 5) is 67.2. The Kier molecular flexibility index (Phi) is 14.4. The lowest BCUT2D eigenvalue weighted by Gasteiger charge is -2.35. The molecule has 13 aromatic carbocycles. The lowest BCUT2D eigenvalue weighted by molar-refractivity contribution is 0.0877. The van der Waals surface area contributed by atoms with Crippen molar-refractivity contribution in [3.05, 3.63) is 258 Å².